The first-order valence-corrected chi connectivity index (χ1v) is 11.2. The molecule has 5 rings (SSSR count). The van der Waals surface area contributed by atoms with E-state index in [2.05, 4.69) is 18.2 Å². The van der Waals surface area contributed by atoms with E-state index in [1.54, 1.807) is 6.26 Å². The molecule has 1 aromatic heterocycles. The molecule has 0 aliphatic rings. The molecule has 0 spiro atoms. The highest BCUT2D eigenvalue weighted by Crippen LogP contribution is 2.31. The molecule has 33 heavy (non-hydrogen) atoms. The van der Waals surface area contributed by atoms with Crippen LogP contribution in [-0.2, 0) is 17.8 Å². The second-order valence-electron chi connectivity index (χ2n) is 7.99. The molecule has 0 aliphatic heterocycles. The predicted molar refractivity (Wildman–Crippen MR) is 133 cm³/mol. The molecule has 4 heteroatoms. The minimum Gasteiger partial charge on any atom is -0.494 e. The van der Waals surface area contributed by atoms with E-state index in [4.69, 9.17) is 9.15 Å². The van der Waals surface area contributed by atoms with Crippen molar-refractivity contribution in [2.24, 2.45) is 0 Å². The molecule has 164 valence electrons. The van der Waals surface area contributed by atoms with Crippen molar-refractivity contribution in [3.63, 3.8) is 0 Å². The fraction of sp³-hybridized carbons (Fsp3) is 0.138. The number of anilines is 1. The van der Waals surface area contributed by atoms with Crippen LogP contribution in [0.3, 0.4) is 0 Å². The van der Waals surface area contributed by atoms with Crippen LogP contribution in [0.2, 0.25) is 0 Å². The van der Waals surface area contributed by atoms with Crippen molar-refractivity contribution in [3.05, 3.63) is 108 Å². The van der Waals surface area contributed by atoms with Gasteiger partial charge in [0.2, 0.25) is 5.91 Å². The van der Waals surface area contributed by atoms with Gasteiger partial charge < -0.3 is 14.1 Å². The summed E-state index contributed by atoms with van der Waals surface area (Å²) in [5.74, 6) is 0.805. The van der Waals surface area contributed by atoms with Gasteiger partial charge in [-0.1, -0.05) is 60.7 Å². The quantitative estimate of drug-likeness (QED) is 0.284. The number of nitrogens with zero attached hydrogens (tertiary/aromatic N) is 1. The number of hydrogen-bond acceptors (Lipinski definition) is 3. The normalized spacial score (nSPS) is 11.1. The molecule has 4 nitrogen and oxygen atoms in total. The van der Waals surface area contributed by atoms with E-state index in [9.17, 15) is 4.79 Å². The van der Waals surface area contributed by atoms with Gasteiger partial charge in [0.05, 0.1) is 25.8 Å². The zero-order valence-corrected chi connectivity index (χ0v) is 18.5. The van der Waals surface area contributed by atoms with Crippen LogP contribution in [0.5, 0.6) is 5.75 Å². The van der Waals surface area contributed by atoms with Gasteiger partial charge in [-0.15, -0.1) is 0 Å². The SMILES string of the molecule is CCOc1ccc(N(Cc2ccccc2)C(=O)Cc2coc3ccc4ccccc4c23)cc1. The van der Waals surface area contributed by atoms with E-state index in [-0.39, 0.29) is 12.3 Å². The molecule has 0 radical (unpaired) electrons. The summed E-state index contributed by atoms with van der Waals surface area (Å²) in [4.78, 5) is 15.5. The third kappa shape index (κ3) is 4.33. The Morgan fingerprint density at radius 2 is 1.64 bits per heavy atom. The third-order valence-corrected chi connectivity index (χ3v) is 5.83. The number of benzene rings is 4. The Morgan fingerprint density at radius 3 is 2.42 bits per heavy atom. The van der Waals surface area contributed by atoms with Crippen LogP contribution in [0.25, 0.3) is 21.7 Å². The van der Waals surface area contributed by atoms with Gasteiger partial charge in [0.15, 0.2) is 0 Å². The summed E-state index contributed by atoms with van der Waals surface area (Å²) in [5.41, 5.74) is 3.61. The molecule has 0 atom stereocenters. The van der Waals surface area contributed by atoms with Gasteiger partial charge in [-0.05, 0) is 53.6 Å². The van der Waals surface area contributed by atoms with Gasteiger partial charge in [-0.25, -0.2) is 0 Å². The summed E-state index contributed by atoms with van der Waals surface area (Å²) in [7, 11) is 0. The van der Waals surface area contributed by atoms with Crippen molar-refractivity contribution in [1.29, 1.82) is 0 Å². The van der Waals surface area contributed by atoms with Crippen LogP contribution in [0.1, 0.15) is 18.1 Å². The minimum absolute atomic E-state index is 0.0126. The summed E-state index contributed by atoms with van der Waals surface area (Å²) in [6.07, 6.45) is 1.97. The highest BCUT2D eigenvalue weighted by Gasteiger charge is 2.20. The predicted octanol–water partition coefficient (Wildman–Crippen LogP) is 6.76. The van der Waals surface area contributed by atoms with Gasteiger partial charge >= 0.3 is 0 Å². The lowest BCUT2D eigenvalue weighted by atomic mass is 10.0. The van der Waals surface area contributed by atoms with Crippen molar-refractivity contribution in [2.75, 3.05) is 11.5 Å². The van der Waals surface area contributed by atoms with Gasteiger partial charge in [0.25, 0.3) is 0 Å². The first-order chi connectivity index (χ1) is 16.2. The Bertz CT molecular complexity index is 1390. The maximum atomic E-state index is 13.7. The summed E-state index contributed by atoms with van der Waals surface area (Å²) >= 11 is 0. The molecular weight excluding hydrogens is 410 g/mol. The zero-order valence-electron chi connectivity index (χ0n) is 18.5. The smallest absolute Gasteiger partial charge is 0.231 e. The topological polar surface area (TPSA) is 42.7 Å². The lowest BCUT2D eigenvalue weighted by molar-refractivity contribution is -0.118. The Labute approximate surface area is 193 Å². The Kier molecular flexibility index (Phi) is 5.81. The number of carbonyl (C=O) groups excluding carboxylic acids is 1. The van der Waals surface area contributed by atoms with E-state index in [0.29, 0.717) is 13.2 Å². The summed E-state index contributed by atoms with van der Waals surface area (Å²) < 4.78 is 11.4. The van der Waals surface area contributed by atoms with Crippen LogP contribution in [0.15, 0.2) is 102 Å². The third-order valence-electron chi connectivity index (χ3n) is 5.83. The van der Waals surface area contributed by atoms with Crippen molar-refractivity contribution < 1.29 is 13.9 Å². The lowest BCUT2D eigenvalue weighted by Crippen LogP contribution is -2.31. The molecule has 0 fully saturated rings. The average molecular weight is 436 g/mol. The molecule has 1 heterocycles. The van der Waals surface area contributed by atoms with Crippen LogP contribution in [0, 0.1) is 0 Å². The molecule has 1 amide bonds. The number of carbonyl (C=O) groups is 1. The molecule has 0 aliphatic carbocycles. The molecule has 0 bridgehead atoms. The maximum absolute atomic E-state index is 13.7. The van der Waals surface area contributed by atoms with Gasteiger partial charge in [-0.2, -0.15) is 0 Å². The number of hydrogen-bond donors (Lipinski definition) is 0. The van der Waals surface area contributed by atoms with Gasteiger partial charge in [0, 0.05) is 16.6 Å². The molecule has 0 unspecified atom stereocenters. The number of ether oxygens (including phenoxy) is 1. The van der Waals surface area contributed by atoms with Crippen LogP contribution in [0.4, 0.5) is 5.69 Å². The molecule has 0 N–H and O–H groups in total. The van der Waals surface area contributed by atoms with Crippen LogP contribution in [-0.4, -0.2) is 12.5 Å². The highest BCUT2D eigenvalue weighted by atomic mass is 16.5. The maximum Gasteiger partial charge on any atom is 0.231 e. The van der Waals surface area contributed by atoms with Crippen molar-refractivity contribution in [2.45, 2.75) is 19.9 Å². The lowest BCUT2D eigenvalue weighted by Gasteiger charge is -2.23. The summed E-state index contributed by atoms with van der Waals surface area (Å²) in [5, 5.41) is 3.24. The number of rotatable bonds is 7. The molecular formula is C29H25NO3. The van der Waals surface area contributed by atoms with Crippen molar-refractivity contribution in [3.8, 4) is 5.75 Å². The molecule has 0 saturated carbocycles. The standard InChI is InChI=1S/C29H25NO3/c1-2-32-25-15-13-24(14-16-25)30(19-21-8-4-3-5-9-21)28(31)18-23-20-33-27-17-12-22-10-6-7-11-26(22)29(23)27/h3-17,20H,2,18-19H2,1H3. The number of fused-ring (bicyclic) bond motifs is 3. The van der Waals surface area contributed by atoms with Crippen molar-refractivity contribution >= 4 is 33.3 Å². The Hall–Kier alpha value is -4.05. The molecule has 5 aromatic rings. The van der Waals surface area contributed by atoms with E-state index < -0.39 is 0 Å². The van der Waals surface area contributed by atoms with Gasteiger partial charge in [-0.3, -0.25) is 4.79 Å². The van der Waals surface area contributed by atoms with Crippen LogP contribution < -0.4 is 9.64 Å². The zero-order chi connectivity index (χ0) is 22.6. The molecule has 0 saturated heterocycles. The van der Waals surface area contributed by atoms with E-state index in [0.717, 1.165) is 44.3 Å². The summed E-state index contributed by atoms with van der Waals surface area (Å²) in [6, 6.07) is 29.9. The Balaban J connectivity index is 1.50. The van der Waals surface area contributed by atoms with E-state index in [1.165, 1.54) is 0 Å². The van der Waals surface area contributed by atoms with E-state index >= 15 is 0 Å². The first-order valence-electron chi connectivity index (χ1n) is 11.2. The highest BCUT2D eigenvalue weighted by molar-refractivity contribution is 6.09. The Morgan fingerprint density at radius 1 is 0.879 bits per heavy atom. The summed E-state index contributed by atoms with van der Waals surface area (Å²) in [6.45, 7) is 3.05. The monoisotopic (exact) mass is 435 g/mol. The first kappa shape index (κ1) is 20.8. The fourth-order valence-electron chi connectivity index (χ4n) is 4.24. The van der Waals surface area contributed by atoms with E-state index in [1.807, 2.05) is 84.6 Å². The second kappa shape index (κ2) is 9.21. The average Bonchev–Trinajstić information content (AvgIpc) is 3.27. The fourth-order valence-corrected chi connectivity index (χ4v) is 4.24. The molecule has 4 aromatic carbocycles. The minimum atomic E-state index is 0.0126. The number of furan rings is 1. The largest absolute Gasteiger partial charge is 0.494 e. The number of amides is 1. The van der Waals surface area contributed by atoms with Gasteiger partial charge in [0.1, 0.15) is 11.3 Å². The van der Waals surface area contributed by atoms with Crippen molar-refractivity contribution in [1.82, 2.24) is 0 Å². The second-order valence-corrected chi connectivity index (χ2v) is 7.99. The van der Waals surface area contributed by atoms with Crippen LogP contribution >= 0.6 is 0 Å².